The van der Waals surface area contributed by atoms with Gasteiger partial charge in [0.25, 0.3) is 11.6 Å². The summed E-state index contributed by atoms with van der Waals surface area (Å²) in [5, 5.41) is 14.0. The number of hydrogen-bond donors (Lipinski definition) is 1. The van der Waals surface area contributed by atoms with Crippen LogP contribution in [0.3, 0.4) is 0 Å². The highest BCUT2D eigenvalue weighted by atomic mass is 16.6. The van der Waals surface area contributed by atoms with Gasteiger partial charge in [0, 0.05) is 26.7 Å². The van der Waals surface area contributed by atoms with Crippen LogP contribution in [-0.2, 0) is 16.0 Å². The molecule has 30 heavy (non-hydrogen) atoms. The second kappa shape index (κ2) is 10.2. The van der Waals surface area contributed by atoms with E-state index in [-0.39, 0.29) is 11.3 Å². The average Bonchev–Trinajstić information content (AvgIpc) is 2.73. The predicted molar refractivity (Wildman–Crippen MR) is 112 cm³/mol. The summed E-state index contributed by atoms with van der Waals surface area (Å²) in [6.45, 7) is 1.82. The van der Waals surface area contributed by atoms with Crippen molar-refractivity contribution in [3.8, 4) is 5.75 Å². The van der Waals surface area contributed by atoms with Crippen LogP contribution in [0, 0.1) is 10.1 Å². The predicted octanol–water partition coefficient (Wildman–Crippen LogP) is 2.57. The summed E-state index contributed by atoms with van der Waals surface area (Å²) in [6, 6.07) is 11.5. The number of amides is 1. The Morgan fingerprint density at radius 2 is 1.83 bits per heavy atom. The fourth-order valence-corrected chi connectivity index (χ4v) is 2.72. The molecule has 0 unspecified atom stereocenters. The highest BCUT2D eigenvalue weighted by molar-refractivity contribution is 5.93. The molecule has 0 aliphatic carbocycles. The first-order valence-corrected chi connectivity index (χ1v) is 9.30. The van der Waals surface area contributed by atoms with Crippen LogP contribution in [0.5, 0.6) is 5.75 Å². The Hall–Kier alpha value is -3.62. The molecular weight excluding hydrogens is 390 g/mol. The summed E-state index contributed by atoms with van der Waals surface area (Å²) >= 11 is 0. The van der Waals surface area contributed by atoms with Gasteiger partial charge >= 0.3 is 5.97 Å². The maximum atomic E-state index is 12.3. The number of carbonyl (C=O) groups excluding carboxylic acids is 2. The zero-order valence-corrected chi connectivity index (χ0v) is 17.4. The molecule has 0 saturated carbocycles. The third kappa shape index (κ3) is 5.94. The number of nitrogens with one attached hydrogen (secondary N) is 1. The Labute approximate surface area is 174 Å². The minimum absolute atomic E-state index is 0.00480. The van der Waals surface area contributed by atoms with Crippen LogP contribution < -0.4 is 15.0 Å². The summed E-state index contributed by atoms with van der Waals surface area (Å²) in [6.07, 6.45) is -0.435. The fraction of sp³-hybridized carbons (Fsp3) is 0.333. The monoisotopic (exact) mass is 415 g/mol. The van der Waals surface area contributed by atoms with Crippen LogP contribution in [0.4, 0.5) is 11.4 Å². The van der Waals surface area contributed by atoms with Crippen molar-refractivity contribution in [3.63, 3.8) is 0 Å². The molecule has 160 valence electrons. The second-order valence-electron chi connectivity index (χ2n) is 6.79. The van der Waals surface area contributed by atoms with E-state index in [1.807, 2.05) is 24.3 Å². The van der Waals surface area contributed by atoms with Gasteiger partial charge in [0.05, 0.1) is 17.6 Å². The van der Waals surface area contributed by atoms with Crippen molar-refractivity contribution in [2.45, 2.75) is 19.4 Å². The van der Waals surface area contributed by atoms with E-state index in [1.165, 1.54) is 19.1 Å². The molecule has 1 atom stereocenters. The minimum Gasteiger partial charge on any atom is -0.497 e. The quantitative estimate of drug-likeness (QED) is 0.381. The van der Waals surface area contributed by atoms with Crippen LogP contribution in [0.25, 0.3) is 0 Å². The molecule has 0 aliphatic rings. The number of esters is 1. The Morgan fingerprint density at radius 3 is 2.40 bits per heavy atom. The first-order chi connectivity index (χ1) is 14.2. The van der Waals surface area contributed by atoms with E-state index in [1.54, 1.807) is 26.1 Å². The molecule has 0 heterocycles. The van der Waals surface area contributed by atoms with E-state index in [9.17, 15) is 19.7 Å². The number of ether oxygens (including phenoxy) is 2. The van der Waals surface area contributed by atoms with Gasteiger partial charge in [-0.2, -0.15) is 0 Å². The van der Waals surface area contributed by atoms with E-state index < -0.39 is 22.9 Å². The Balaban J connectivity index is 1.91. The number of anilines is 1. The molecule has 2 aromatic rings. The van der Waals surface area contributed by atoms with Crippen LogP contribution >= 0.6 is 0 Å². The number of nitrogens with zero attached hydrogens (tertiary/aromatic N) is 2. The number of nitro groups is 1. The van der Waals surface area contributed by atoms with Crippen LogP contribution in [-0.4, -0.2) is 50.7 Å². The fourth-order valence-electron chi connectivity index (χ4n) is 2.72. The van der Waals surface area contributed by atoms with Crippen molar-refractivity contribution in [1.82, 2.24) is 5.32 Å². The van der Waals surface area contributed by atoms with Gasteiger partial charge in [-0.25, -0.2) is 4.79 Å². The lowest BCUT2D eigenvalue weighted by molar-refractivity contribution is -0.384. The smallest absolute Gasteiger partial charge is 0.339 e. The van der Waals surface area contributed by atoms with Crippen LogP contribution in [0.2, 0.25) is 0 Å². The first-order valence-electron chi connectivity index (χ1n) is 9.30. The summed E-state index contributed by atoms with van der Waals surface area (Å²) in [4.78, 5) is 36.8. The summed E-state index contributed by atoms with van der Waals surface area (Å²) < 4.78 is 10.3. The third-order valence-electron chi connectivity index (χ3n) is 4.41. The molecule has 1 N–H and O–H groups in total. The number of rotatable bonds is 9. The lowest BCUT2D eigenvalue weighted by Crippen LogP contribution is -2.36. The van der Waals surface area contributed by atoms with E-state index in [0.29, 0.717) is 18.7 Å². The van der Waals surface area contributed by atoms with Gasteiger partial charge in [-0.3, -0.25) is 14.9 Å². The normalized spacial score (nSPS) is 11.3. The van der Waals surface area contributed by atoms with E-state index >= 15 is 0 Å². The van der Waals surface area contributed by atoms with Gasteiger partial charge in [0.1, 0.15) is 11.4 Å². The maximum Gasteiger partial charge on any atom is 0.339 e. The van der Waals surface area contributed by atoms with Crippen molar-refractivity contribution in [3.05, 3.63) is 63.7 Å². The first kappa shape index (κ1) is 22.7. The third-order valence-corrected chi connectivity index (χ3v) is 4.41. The van der Waals surface area contributed by atoms with Crippen molar-refractivity contribution in [2.75, 3.05) is 32.6 Å². The SMILES string of the molecule is COc1ccc(CCNC(=O)[C@@H](C)OC(=O)c2ccc(N(C)C)c([N+](=O)[O-])c2)cc1. The summed E-state index contributed by atoms with van der Waals surface area (Å²) in [5.41, 5.74) is 1.17. The minimum atomic E-state index is -1.04. The lowest BCUT2D eigenvalue weighted by Gasteiger charge is -2.15. The zero-order chi connectivity index (χ0) is 22.3. The molecule has 0 spiro atoms. The highest BCUT2D eigenvalue weighted by Gasteiger charge is 2.22. The van der Waals surface area contributed by atoms with Crippen molar-refractivity contribution in [1.29, 1.82) is 0 Å². The Kier molecular flexibility index (Phi) is 7.74. The second-order valence-corrected chi connectivity index (χ2v) is 6.79. The Morgan fingerprint density at radius 1 is 1.17 bits per heavy atom. The van der Waals surface area contributed by atoms with E-state index in [2.05, 4.69) is 5.32 Å². The number of carbonyl (C=O) groups is 2. The highest BCUT2D eigenvalue weighted by Crippen LogP contribution is 2.28. The number of methoxy groups -OCH3 is 1. The topological polar surface area (TPSA) is 111 Å². The van der Waals surface area contributed by atoms with Crippen molar-refractivity contribution in [2.24, 2.45) is 0 Å². The molecule has 0 fully saturated rings. The number of benzene rings is 2. The molecule has 0 bridgehead atoms. The maximum absolute atomic E-state index is 12.3. The van der Waals surface area contributed by atoms with Crippen LogP contribution in [0.15, 0.2) is 42.5 Å². The molecule has 0 aromatic heterocycles. The van der Waals surface area contributed by atoms with Gasteiger partial charge in [-0.1, -0.05) is 12.1 Å². The molecule has 0 aliphatic heterocycles. The van der Waals surface area contributed by atoms with Gasteiger partial charge in [0.15, 0.2) is 6.10 Å². The van der Waals surface area contributed by atoms with E-state index in [0.717, 1.165) is 17.4 Å². The largest absolute Gasteiger partial charge is 0.497 e. The van der Waals surface area contributed by atoms with Gasteiger partial charge in [-0.05, 0) is 43.2 Å². The molecule has 2 aromatic carbocycles. The number of nitro benzene ring substituents is 1. The molecule has 2 rings (SSSR count). The summed E-state index contributed by atoms with van der Waals surface area (Å²) in [7, 11) is 4.92. The molecule has 9 heteroatoms. The van der Waals surface area contributed by atoms with Crippen molar-refractivity contribution < 1.29 is 24.0 Å². The van der Waals surface area contributed by atoms with Crippen molar-refractivity contribution >= 4 is 23.3 Å². The van der Waals surface area contributed by atoms with Gasteiger partial charge < -0.3 is 19.7 Å². The Bertz CT molecular complexity index is 911. The van der Waals surface area contributed by atoms with Gasteiger partial charge in [-0.15, -0.1) is 0 Å². The summed E-state index contributed by atoms with van der Waals surface area (Å²) in [5.74, 6) is -0.500. The average molecular weight is 415 g/mol. The molecular formula is C21H25N3O6. The molecule has 0 saturated heterocycles. The standard InChI is InChI=1S/C21H25N3O6/c1-14(20(25)22-12-11-15-5-8-17(29-4)9-6-15)30-21(26)16-7-10-18(23(2)3)19(13-16)24(27)28/h5-10,13-14H,11-12H2,1-4H3,(H,22,25)/t14-/m1/s1. The molecule has 1 amide bonds. The molecule has 9 nitrogen and oxygen atoms in total. The number of hydrogen-bond acceptors (Lipinski definition) is 7. The van der Waals surface area contributed by atoms with Gasteiger partial charge in [0.2, 0.25) is 0 Å². The van der Waals surface area contributed by atoms with E-state index in [4.69, 9.17) is 9.47 Å². The molecule has 0 radical (unpaired) electrons. The zero-order valence-electron chi connectivity index (χ0n) is 17.4. The lowest BCUT2D eigenvalue weighted by atomic mass is 10.1. The van der Waals surface area contributed by atoms with Crippen LogP contribution in [0.1, 0.15) is 22.8 Å².